The normalized spacial score (nSPS) is 28.3. The quantitative estimate of drug-likeness (QED) is 0.0534. The van der Waals surface area contributed by atoms with E-state index < -0.39 is 109 Å². The lowest BCUT2D eigenvalue weighted by Crippen LogP contribution is -2.65. The molecule has 3 heterocycles. The summed E-state index contributed by atoms with van der Waals surface area (Å²) in [6, 6.07) is 10.4. The summed E-state index contributed by atoms with van der Waals surface area (Å²) in [7, 11) is 0. The summed E-state index contributed by atoms with van der Waals surface area (Å²) in [5, 5.41) is 114. The standard InChI is InChI=1S/C36H36O19/c37-12-25-28(45)31(48)34(55-35-32(49)30(47)29(46)26(54-35)13-50-27(44)6-2-14-1-4-18(39)21(42)7-14)36(53-25)52-24-11-17-20(41)9-16(38)10-23(17)51-33(24)15-3-5-19(40)22(43)8-15/h1-11,25-26,28-32,34-37,39-43,45-49H,12-13H2/t25-,26-,28-,29-,30+,31+,32-,34-,35+,36-/m1/s1. The number of phenolic OH excluding ortho intramolecular Hbond substituents is 5. The molecular formula is C36H36O19. The van der Waals surface area contributed by atoms with Crippen LogP contribution < -0.4 is 10.2 Å². The topological polar surface area (TPSA) is 316 Å². The van der Waals surface area contributed by atoms with Crippen LogP contribution in [0.4, 0.5) is 0 Å². The number of esters is 1. The van der Waals surface area contributed by atoms with Crippen LogP contribution in [-0.4, -0.2) is 137 Å². The van der Waals surface area contributed by atoms with Crippen molar-refractivity contribution in [3.63, 3.8) is 0 Å². The molecule has 3 aliphatic heterocycles. The lowest BCUT2D eigenvalue weighted by Gasteiger charge is -2.46. The van der Waals surface area contributed by atoms with Crippen molar-refractivity contribution in [1.29, 1.82) is 0 Å². The number of hydrogen-bond donors (Lipinski definition) is 11. The van der Waals surface area contributed by atoms with E-state index in [1.165, 1.54) is 36.4 Å². The zero-order valence-corrected chi connectivity index (χ0v) is 28.2. The Morgan fingerprint density at radius 1 is 0.709 bits per heavy atom. The molecule has 6 rings (SSSR count). The van der Waals surface area contributed by atoms with E-state index in [0.717, 1.165) is 30.3 Å². The first-order chi connectivity index (χ1) is 26.1. The summed E-state index contributed by atoms with van der Waals surface area (Å²) in [5.41, 5.74) is -0.285. The van der Waals surface area contributed by atoms with Gasteiger partial charge < -0.3 is 84.3 Å². The molecule has 19 nitrogen and oxygen atoms in total. The van der Waals surface area contributed by atoms with E-state index in [1.54, 1.807) is 0 Å². The van der Waals surface area contributed by atoms with Gasteiger partial charge in [-0.05, 0) is 48.0 Å². The van der Waals surface area contributed by atoms with Gasteiger partial charge >= 0.3 is 5.97 Å². The molecule has 55 heavy (non-hydrogen) atoms. The molecule has 4 aliphatic rings. The SMILES string of the molecule is O=C(C=Cc1ccc(O)c(O)c1)OC[C@H]1O[C@@H](O[C@H]2[C@H](Oc3cc4c(O)cc(=O)cc-4oc3-c3ccc(O)c(O)c3)O[C@H](CO)[C@@H](O)[C@@H]2O)[C@H](O)[C@@H](O)[C@@H]1O. The molecule has 10 atom stereocenters. The summed E-state index contributed by atoms with van der Waals surface area (Å²) in [6.45, 7) is -1.55. The highest BCUT2D eigenvalue weighted by Crippen LogP contribution is 2.43. The molecule has 1 aliphatic carbocycles. The van der Waals surface area contributed by atoms with Gasteiger partial charge in [0.2, 0.25) is 6.29 Å². The van der Waals surface area contributed by atoms with Gasteiger partial charge in [-0.15, -0.1) is 0 Å². The second-order valence-corrected chi connectivity index (χ2v) is 12.6. The third-order valence-corrected chi connectivity index (χ3v) is 8.87. The molecule has 19 heteroatoms. The molecule has 0 radical (unpaired) electrons. The fourth-order valence-electron chi connectivity index (χ4n) is 5.89. The second-order valence-electron chi connectivity index (χ2n) is 12.6. The van der Waals surface area contributed by atoms with Gasteiger partial charge in [-0.3, -0.25) is 4.79 Å². The number of carbonyl (C=O) groups excluding carboxylic acids is 1. The Bertz CT molecular complexity index is 2060. The molecule has 2 aromatic carbocycles. The average molecular weight is 773 g/mol. The Labute approximate surface area is 309 Å². The number of hydrogen-bond acceptors (Lipinski definition) is 19. The minimum absolute atomic E-state index is 0.0505. The third kappa shape index (κ3) is 8.29. The average Bonchev–Trinajstić information content (AvgIpc) is 3.15. The third-order valence-electron chi connectivity index (χ3n) is 8.87. The zero-order valence-electron chi connectivity index (χ0n) is 28.2. The number of aliphatic hydroxyl groups excluding tert-OH is 6. The first-order valence-electron chi connectivity index (χ1n) is 16.5. The number of ether oxygens (including phenoxy) is 5. The Kier molecular flexibility index (Phi) is 11.5. The minimum Gasteiger partial charge on any atom is -0.507 e. The minimum atomic E-state index is -2.02. The van der Waals surface area contributed by atoms with E-state index in [2.05, 4.69) is 0 Å². The number of fused-ring (bicyclic) bond motifs is 1. The van der Waals surface area contributed by atoms with Gasteiger partial charge in [-0.1, -0.05) is 6.07 Å². The van der Waals surface area contributed by atoms with Crippen molar-refractivity contribution in [2.75, 3.05) is 13.2 Å². The van der Waals surface area contributed by atoms with Gasteiger partial charge in [0.1, 0.15) is 60.8 Å². The Morgan fingerprint density at radius 2 is 1.38 bits per heavy atom. The maximum atomic E-state index is 12.4. The smallest absolute Gasteiger partial charge is 0.330 e. The van der Waals surface area contributed by atoms with Gasteiger partial charge in [0.05, 0.1) is 12.2 Å². The molecule has 0 spiro atoms. The Morgan fingerprint density at radius 3 is 2.07 bits per heavy atom. The summed E-state index contributed by atoms with van der Waals surface area (Å²) in [4.78, 5) is 24.6. The molecule has 2 fully saturated rings. The van der Waals surface area contributed by atoms with Gasteiger partial charge in [0.15, 0.2) is 52.3 Å². The van der Waals surface area contributed by atoms with Crippen LogP contribution >= 0.6 is 0 Å². The lowest BCUT2D eigenvalue weighted by molar-refractivity contribution is -0.358. The highest BCUT2D eigenvalue weighted by atomic mass is 16.8. The van der Waals surface area contributed by atoms with Crippen LogP contribution in [0.3, 0.4) is 0 Å². The monoisotopic (exact) mass is 772 g/mol. The van der Waals surface area contributed by atoms with Crippen LogP contribution in [0.25, 0.3) is 28.7 Å². The largest absolute Gasteiger partial charge is 0.507 e. The van der Waals surface area contributed by atoms with Gasteiger partial charge in [0.25, 0.3) is 0 Å². The molecule has 0 amide bonds. The predicted octanol–water partition coefficient (Wildman–Crippen LogP) is -0.793. The van der Waals surface area contributed by atoms with E-state index in [-0.39, 0.29) is 34.1 Å². The molecule has 0 bridgehead atoms. The van der Waals surface area contributed by atoms with Crippen molar-refractivity contribution in [1.82, 2.24) is 0 Å². The van der Waals surface area contributed by atoms with Crippen LogP contribution in [-0.2, 0) is 23.7 Å². The fourth-order valence-corrected chi connectivity index (χ4v) is 5.89. The second kappa shape index (κ2) is 16.1. The number of rotatable bonds is 10. The summed E-state index contributed by atoms with van der Waals surface area (Å²) in [5.74, 6) is -4.01. The molecule has 0 saturated carbocycles. The van der Waals surface area contributed by atoms with Crippen LogP contribution in [0, 0.1) is 0 Å². The van der Waals surface area contributed by atoms with Crippen LogP contribution in [0.5, 0.6) is 34.5 Å². The molecule has 11 N–H and O–H groups in total. The van der Waals surface area contributed by atoms with Crippen LogP contribution in [0.2, 0.25) is 0 Å². The van der Waals surface area contributed by atoms with Crippen molar-refractivity contribution in [3.05, 3.63) is 76.5 Å². The first kappa shape index (κ1) is 39.2. The number of aromatic hydroxyl groups is 5. The Hall–Kier alpha value is -5.48. The highest BCUT2D eigenvalue weighted by molar-refractivity contribution is 5.87. The van der Waals surface area contributed by atoms with E-state index in [4.69, 9.17) is 28.1 Å². The van der Waals surface area contributed by atoms with E-state index in [0.29, 0.717) is 5.56 Å². The van der Waals surface area contributed by atoms with Crippen molar-refractivity contribution in [3.8, 4) is 57.1 Å². The molecular weight excluding hydrogens is 736 g/mol. The first-order valence-corrected chi connectivity index (χ1v) is 16.5. The van der Waals surface area contributed by atoms with Gasteiger partial charge in [0, 0.05) is 23.8 Å². The molecule has 0 unspecified atom stereocenters. The number of benzene rings is 3. The Balaban J connectivity index is 1.27. The number of phenols is 5. The summed E-state index contributed by atoms with van der Waals surface area (Å²) >= 11 is 0. The maximum absolute atomic E-state index is 12.4. The predicted molar refractivity (Wildman–Crippen MR) is 182 cm³/mol. The lowest BCUT2D eigenvalue weighted by atomic mass is 9.97. The molecule has 2 aromatic rings. The molecule has 2 saturated heterocycles. The summed E-state index contributed by atoms with van der Waals surface area (Å²) in [6.07, 6.45) is -16.1. The van der Waals surface area contributed by atoms with E-state index in [9.17, 15) is 65.8 Å². The van der Waals surface area contributed by atoms with Crippen molar-refractivity contribution in [2.24, 2.45) is 0 Å². The van der Waals surface area contributed by atoms with E-state index in [1.807, 2.05) is 0 Å². The van der Waals surface area contributed by atoms with Crippen molar-refractivity contribution >= 4 is 12.0 Å². The van der Waals surface area contributed by atoms with Crippen LogP contribution in [0.1, 0.15) is 5.56 Å². The number of carbonyl (C=O) groups is 1. The van der Waals surface area contributed by atoms with Gasteiger partial charge in [-0.2, -0.15) is 0 Å². The highest BCUT2D eigenvalue weighted by Gasteiger charge is 2.52. The van der Waals surface area contributed by atoms with Crippen LogP contribution in [0.15, 0.2) is 69.9 Å². The summed E-state index contributed by atoms with van der Waals surface area (Å²) < 4.78 is 34.3. The number of aliphatic hydroxyl groups is 6. The van der Waals surface area contributed by atoms with Crippen molar-refractivity contribution < 1.29 is 89.1 Å². The molecule has 294 valence electrons. The maximum Gasteiger partial charge on any atom is 0.330 e. The fraction of sp³-hybridized carbons (Fsp3) is 0.333. The molecule has 0 aromatic heterocycles. The van der Waals surface area contributed by atoms with E-state index >= 15 is 0 Å². The zero-order chi connectivity index (χ0) is 39.7. The van der Waals surface area contributed by atoms with Gasteiger partial charge in [-0.25, -0.2) is 4.79 Å². The van der Waals surface area contributed by atoms with Crippen molar-refractivity contribution in [2.45, 2.75) is 61.4 Å².